The minimum atomic E-state index is -4.18. The van der Waals surface area contributed by atoms with Crippen LogP contribution in [0.15, 0.2) is 133 Å². The van der Waals surface area contributed by atoms with Gasteiger partial charge < -0.3 is 28.8 Å². The minimum Gasteiger partial charge on any atom is -0.485 e. The highest BCUT2D eigenvalue weighted by molar-refractivity contribution is 6.32. The number of ether oxygens (including phenoxy) is 5. The van der Waals surface area contributed by atoms with Gasteiger partial charge in [-0.2, -0.15) is 17.6 Å². The average molecular weight is 935 g/mol. The average Bonchev–Trinajstić information content (AvgIpc) is 3.25. The molecule has 0 aliphatic rings. The van der Waals surface area contributed by atoms with Gasteiger partial charge in [-0.05, 0) is 55.5 Å². The molecule has 0 amide bonds. The van der Waals surface area contributed by atoms with E-state index in [1.54, 1.807) is 97.1 Å². The minimum absolute atomic E-state index is 0.0105. The van der Waals surface area contributed by atoms with Gasteiger partial charge >= 0.3 is 23.8 Å². The predicted molar refractivity (Wildman–Crippen MR) is 228 cm³/mol. The number of hydrogen-bond acceptors (Lipinski definition) is 7. The summed E-state index contributed by atoms with van der Waals surface area (Å²) in [6.45, 7) is 0.979. The summed E-state index contributed by atoms with van der Waals surface area (Å²) in [5, 5.41) is 10.7. The van der Waals surface area contributed by atoms with E-state index in [0.717, 1.165) is 12.1 Å². The number of carboxylic acid groups (broad SMARTS) is 1. The Labute approximate surface area is 374 Å². The molecule has 0 aliphatic heterocycles. The maximum atomic E-state index is 15.0. The van der Waals surface area contributed by atoms with E-state index in [-0.39, 0.29) is 56.0 Å². The van der Waals surface area contributed by atoms with Crippen LogP contribution in [0.1, 0.15) is 40.3 Å². The van der Waals surface area contributed by atoms with Crippen LogP contribution in [0, 0.1) is 0 Å². The molecule has 0 atom stereocenters. The standard InChI is InChI=1S/C24H20Cl2F2O4.C22H16Cl2F2O4/c1-2-30-23(29)24(27,28)18-10-7-13-21(31-14-16-8-3-5-11-19(16)25)22(18)32-15-17-9-4-6-12-20(17)26;23-17-9-3-1-6-14(17)12-29-19-11-5-8-16(22(25,26)21(27)28)20(19)30-13-15-7-2-4-10-18(15)24/h3-13H,2,14-15H2,1H3;1-11H,12-13H2,(H,27,28). The van der Waals surface area contributed by atoms with E-state index < -0.39 is 34.9 Å². The predicted octanol–water partition coefficient (Wildman–Crippen LogP) is 13.1. The second-order valence-corrected chi connectivity index (χ2v) is 14.6. The number of rotatable bonds is 17. The molecule has 1 N–H and O–H groups in total. The fraction of sp³-hybridized carbons (Fsp3) is 0.174. The molecular weight excluding hydrogens is 898 g/mol. The number of aliphatic carboxylic acids is 1. The molecule has 0 saturated carbocycles. The van der Waals surface area contributed by atoms with E-state index in [1.165, 1.54) is 31.2 Å². The normalized spacial score (nSPS) is 11.2. The molecule has 0 spiro atoms. The van der Waals surface area contributed by atoms with Crippen molar-refractivity contribution in [3.63, 3.8) is 0 Å². The lowest BCUT2D eigenvalue weighted by Gasteiger charge is -2.21. The number of carboxylic acids is 1. The number of carbonyl (C=O) groups excluding carboxylic acids is 1. The summed E-state index contributed by atoms with van der Waals surface area (Å²) in [5.41, 5.74) is 0.934. The molecule has 6 rings (SSSR count). The molecule has 6 aromatic carbocycles. The fourth-order valence-corrected chi connectivity index (χ4v) is 6.33. The first-order chi connectivity index (χ1) is 29.6. The van der Waals surface area contributed by atoms with Crippen LogP contribution in [-0.2, 0) is 52.6 Å². The number of para-hydroxylation sites is 2. The number of carbonyl (C=O) groups is 2. The Morgan fingerprint density at radius 3 is 1.13 bits per heavy atom. The van der Waals surface area contributed by atoms with E-state index in [1.807, 2.05) is 0 Å². The molecule has 16 heteroatoms. The molecule has 324 valence electrons. The van der Waals surface area contributed by atoms with Crippen molar-refractivity contribution in [2.45, 2.75) is 45.2 Å². The molecule has 0 fully saturated rings. The van der Waals surface area contributed by atoms with Gasteiger partial charge in [0, 0.05) is 42.3 Å². The summed E-state index contributed by atoms with van der Waals surface area (Å²) in [6.07, 6.45) is 0. The summed E-state index contributed by atoms with van der Waals surface area (Å²) >= 11 is 24.5. The van der Waals surface area contributed by atoms with Crippen molar-refractivity contribution in [1.29, 1.82) is 0 Å². The van der Waals surface area contributed by atoms with Crippen LogP contribution in [-0.4, -0.2) is 23.7 Å². The zero-order chi connectivity index (χ0) is 44.9. The van der Waals surface area contributed by atoms with Gasteiger partial charge in [-0.25, -0.2) is 9.59 Å². The maximum Gasteiger partial charge on any atom is 0.382 e. The van der Waals surface area contributed by atoms with Gasteiger partial charge in [0.25, 0.3) is 0 Å². The highest BCUT2D eigenvalue weighted by Gasteiger charge is 2.46. The fourth-order valence-electron chi connectivity index (χ4n) is 5.57. The van der Waals surface area contributed by atoms with Gasteiger partial charge in [0.1, 0.15) is 26.4 Å². The summed E-state index contributed by atoms with van der Waals surface area (Å²) in [6, 6.07) is 35.1. The molecule has 0 saturated heterocycles. The maximum absolute atomic E-state index is 15.0. The summed E-state index contributed by atoms with van der Waals surface area (Å²) in [7, 11) is 0. The number of alkyl halides is 4. The second-order valence-electron chi connectivity index (χ2n) is 13.0. The lowest BCUT2D eigenvalue weighted by molar-refractivity contribution is -0.173. The topological polar surface area (TPSA) is 101 Å². The van der Waals surface area contributed by atoms with Gasteiger partial charge in [0.15, 0.2) is 23.0 Å². The molecule has 0 aromatic heterocycles. The monoisotopic (exact) mass is 932 g/mol. The Morgan fingerprint density at radius 2 is 0.806 bits per heavy atom. The second kappa shape index (κ2) is 21.9. The van der Waals surface area contributed by atoms with Crippen LogP contribution in [0.25, 0.3) is 0 Å². The van der Waals surface area contributed by atoms with Crippen molar-refractivity contribution in [2.75, 3.05) is 6.61 Å². The van der Waals surface area contributed by atoms with Gasteiger partial charge in [-0.3, -0.25) is 0 Å². The van der Waals surface area contributed by atoms with E-state index in [4.69, 9.17) is 70.5 Å². The molecule has 0 aliphatic carbocycles. The molecule has 0 heterocycles. The number of halogens is 8. The summed E-state index contributed by atoms with van der Waals surface area (Å²) < 4.78 is 86.0. The van der Waals surface area contributed by atoms with Crippen LogP contribution >= 0.6 is 46.4 Å². The van der Waals surface area contributed by atoms with Gasteiger partial charge in [0.2, 0.25) is 0 Å². The van der Waals surface area contributed by atoms with Crippen molar-refractivity contribution in [3.8, 4) is 23.0 Å². The van der Waals surface area contributed by atoms with Crippen molar-refractivity contribution in [3.05, 3.63) is 187 Å². The van der Waals surface area contributed by atoms with E-state index in [0.29, 0.717) is 42.3 Å². The molecule has 0 unspecified atom stereocenters. The Morgan fingerprint density at radius 1 is 0.484 bits per heavy atom. The molecule has 6 aromatic rings. The lowest BCUT2D eigenvalue weighted by Crippen LogP contribution is -2.29. The summed E-state index contributed by atoms with van der Waals surface area (Å²) in [5.74, 6) is -12.8. The van der Waals surface area contributed by atoms with Crippen LogP contribution < -0.4 is 18.9 Å². The molecule has 0 bridgehead atoms. The molecular formula is C46H36Cl4F4O8. The molecule has 62 heavy (non-hydrogen) atoms. The Balaban J connectivity index is 0.000000235. The Bertz CT molecular complexity index is 2490. The van der Waals surface area contributed by atoms with Crippen molar-refractivity contribution in [2.24, 2.45) is 0 Å². The molecule has 0 radical (unpaired) electrons. The number of hydrogen-bond donors (Lipinski definition) is 1. The highest BCUT2D eigenvalue weighted by Crippen LogP contribution is 2.44. The number of benzene rings is 6. The summed E-state index contributed by atoms with van der Waals surface area (Å²) in [4.78, 5) is 23.1. The molecule has 8 nitrogen and oxygen atoms in total. The van der Waals surface area contributed by atoms with Crippen LogP contribution in [0.2, 0.25) is 20.1 Å². The zero-order valence-electron chi connectivity index (χ0n) is 32.6. The SMILES string of the molecule is CCOC(=O)C(F)(F)c1cccc(OCc2ccccc2Cl)c1OCc1ccccc1Cl.O=C(O)C(F)(F)c1cccc(OCc2ccccc2Cl)c1OCc1ccccc1Cl. The smallest absolute Gasteiger partial charge is 0.382 e. The first-order valence-electron chi connectivity index (χ1n) is 18.5. The van der Waals surface area contributed by atoms with Crippen LogP contribution in [0.4, 0.5) is 17.6 Å². The third-order valence-electron chi connectivity index (χ3n) is 8.78. The zero-order valence-corrected chi connectivity index (χ0v) is 35.6. The highest BCUT2D eigenvalue weighted by atomic mass is 35.5. The van der Waals surface area contributed by atoms with E-state index >= 15 is 0 Å². The van der Waals surface area contributed by atoms with E-state index in [2.05, 4.69) is 4.74 Å². The van der Waals surface area contributed by atoms with Gasteiger partial charge in [-0.1, -0.05) is 131 Å². The van der Waals surface area contributed by atoms with E-state index in [9.17, 15) is 27.2 Å². The quantitative estimate of drug-likeness (QED) is 0.0713. The first-order valence-corrected chi connectivity index (χ1v) is 20.0. The largest absolute Gasteiger partial charge is 0.485 e. The Kier molecular flexibility index (Phi) is 16.8. The van der Waals surface area contributed by atoms with Crippen molar-refractivity contribution >= 4 is 58.3 Å². The van der Waals surface area contributed by atoms with Gasteiger partial charge in [0.05, 0.1) is 17.7 Å². The van der Waals surface area contributed by atoms with Crippen molar-refractivity contribution < 1.29 is 55.9 Å². The number of esters is 1. The van der Waals surface area contributed by atoms with Crippen LogP contribution in [0.3, 0.4) is 0 Å². The lowest BCUT2D eigenvalue weighted by atomic mass is 10.1. The van der Waals surface area contributed by atoms with Crippen LogP contribution in [0.5, 0.6) is 23.0 Å². The third-order valence-corrected chi connectivity index (χ3v) is 10.3. The van der Waals surface area contributed by atoms with Gasteiger partial charge in [-0.15, -0.1) is 0 Å². The first kappa shape index (κ1) is 47.4. The van der Waals surface area contributed by atoms with Crippen molar-refractivity contribution in [1.82, 2.24) is 0 Å². The Hall–Kier alpha value is -5.66. The third kappa shape index (κ3) is 12.0.